The van der Waals surface area contributed by atoms with Gasteiger partial charge in [0.1, 0.15) is 11.3 Å². The highest BCUT2D eigenvalue weighted by Gasteiger charge is 2.22. The van der Waals surface area contributed by atoms with E-state index < -0.39 is 30.2 Å². The highest BCUT2D eigenvalue weighted by atomic mass is 16.3. The summed E-state index contributed by atoms with van der Waals surface area (Å²) in [6.07, 6.45) is 3.75. The maximum absolute atomic E-state index is 8.73. The lowest BCUT2D eigenvalue weighted by Crippen LogP contribution is -2.03. The molecular weight excluding hydrogens is 611 g/mol. The molecule has 238 valence electrons. The van der Waals surface area contributed by atoms with Crippen molar-refractivity contribution in [3.8, 4) is 56.2 Å². The van der Waals surface area contributed by atoms with E-state index in [1.165, 1.54) is 0 Å². The number of para-hydroxylation sites is 1. The summed E-state index contributed by atoms with van der Waals surface area (Å²) in [6, 6.07) is 39.9. The molecule has 4 nitrogen and oxygen atoms in total. The molecule has 0 saturated heterocycles. The fourth-order valence-electron chi connectivity index (χ4n) is 6.09. The first kappa shape index (κ1) is 25.4. The molecule has 0 radical (unpaired) electrons. The van der Waals surface area contributed by atoms with Crippen LogP contribution in [0.25, 0.3) is 78.8 Å². The number of aromatic nitrogens is 3. The molecule has 2 heterocycles. The number of hydrogen-bond donors (Lipinski definition) is 0. The molecular formula is C46H33N3O. The molecule has 0 bridgehead atoms. The zero-order valence-corrected chi connectivity index (χ0v) is 27.2. The van der Waals surface area contributed by atoms with Gasteiger partial charge < -0.3 is 4.42 Å². The van der Waals surface area contributed by atoms with Crippen LogP contribution in [-0.4, -0.2) is 15.0 Å². The summed E-state index contributed by atoms with van der Waals surface area (Å²) in [5.41, 5.74) is 8.43. The Morgan fingerprint density at radius 3 is 1.72 bits per heavy atom. The molecule has 0 saturated carbocycles. The van der Waals surface area contributed by atoms with E-state index in [4.69, 9.17) is 26.2 Å². The third-order valence-corrected chi connectivity index (χ3v) is 8.54. The molecule has 0 unspecified atom stereocenters. The summed E-state index contributed by atoms with van der Waals surface area (Å²) in [5, 5.41) is 0.793. The largest absolute Gasteiger partial charge is 0.455 e. The summed E-state index contributed by atoms with van der Waals surface area (Å²) < 4.78 is 48.9. The van der Waals surface area contributed by atoms with Gasteiger partial charge in [0.15, 0.2) is 17.5 Å². The number of benzene rings is 6. The highest BCUT2D eigenvalue weighted by molar-refractivity contribution is 6.03. The van der Waals surface area contributed by atoms with E-state index in [9.17, 15) is 0 Å². The van der Waals surface area contributed by atoms with Crippen molar-refractivity contribution >= 4 is 22.6 Å². The van der Waals surface area contributed by atoms with Gasteiger partial charge in [0.2, 0.25) is 0 Å². The lowest BCUT2D eigenvalue weighted by Gasteiger charge is -2.11. The first-order valence-corrected chi connectivity index (χ1v) is 16.3. The number of furan rings is 1. The van der Waals surface area contributed by atoms with Gasteiger partial charge in [0.05, 0.1) is 6.85 Å². The van der Waals surface area contributed by atoms with Gasteiger partial charge in [-0.25, -0.2) is 15.0 Å². The number of nitrogens with zero attached hydrogens (tertiary/aromatic N) is 3. The second-order valence-corrected chi connectivity index (χ2v) is 11.7. The number of hydrogen-bond acceptors (Lipinski definition) is 4. The van der Waals surface area contributed by atoms with Crippen LogP contribution in [-0.2, 0) is 0 Å². The molecule has 0 fully saturated rings. The number of fused-ring (bicyclic) bond motifs is 1. The van der Waals surface area contributed by atoms with Crippen LogP contribution in [0, 0.1) is 0 Å². The lowest BCUT2D eigenvalue weighted by molar-refractivity contribution is 0.604. The van der Waals surface area contributed by atoms with E-state index in [1.807, 2.05) is 110 Å². The zero-order valence-electron chi connectivity index (χ0n) is 32.2. The summed E-state index contributed by atoms with van der Waals surface area (Å²) >= 11 is 0. The Labute approximate surface area is 298 Å². The molecule has 2 aromatic heterocycles. The fourth-order valence-corrected chi connectivity index (χ4v) is 6.09. The average Bonchev–Trinajstić information content (AvgIpc) is 3.61. The minimum absolute atomic E-state index is 0.0649. The normalized spacial score (nSPS) is 12.7. The second-order valence-electron chi connectivity index (χ2n) is 11.7. The first-order chi connectivity index (χ1) is 26.7. The third-order valence-electron chi connectivity index (χ3n) is 8.54. The molecule has 0 atom stereocenters. The van der Waals surface area contributed by atoms with Gasteiger partial charge in [-0.15, -0.1) is 0 Å². The van der Waals surface area contributed by atoms with Crippen LogP contribution in [0.2, 0.25) is 0 Å². The molecule has 50 heavy (non-hydrogen) atoms. The Morgan fingerprint density at radius 2 is 1.12 bits per heavy atom. The van der Waals surface area contributed by atoms with Gasteiger partial charge in [-0.05, 0) is 40.8 Å². The van der Waals surface area contributed by atoms with Crippen molar-refractivity contribution in [1.82, 2.24) is 15.0 Å². The molecule has 0 aliphatic rings. The third kappa shape index (κ3) is 5.95. The van der Waals surface area contributed by atoms with Crippen molar-refractivity contribution in [2.45, 2.75) is 6.92 Å². The predicted octanol–water partition coefficient (Wildman–Crippen LogP) is 12.0. The number of allylic oxidation sites excluding steroid dienone is 1. The van der Waals surface area contributed by atoms with E-state index in [1.54, 1.807) is 0 Å². The van der Waals surface area contributed by atoms with Crippen LogP contribution in [0.3, 0.4) is 0 Å². The standard InChI is InChI=1S/C46H33N3O/c1-3-14-41-42(40-22-13-21-39(43(40)50-41)36-27-23-34(24-28-36)32-15-7-4-8-16-32)31(2)44-47-45(37-19-11-6-12-20-37)49-46(48-44)38-29-25-35(26-30-38)33-17-9-5-10-18-33/h3-30H,2H2,1H3/b14-3-/i6D,11D,12D,19D,20D. The van der Waals surface area contributed by atoms with Gasteiger partial charge in [-0.2, -0.15) is 0 Å². The summed E-state index contributed by atoms with van der Waals surface area (Å²) in [4.78, 5) is 14.4. The highest BCUT2D eigenvalue weighted by Crippen LogP contribution is 2.40. The van der Waals surface area contributed by atoms with Crippen molar-refractivity contribution in [3.63, 3.8) is 0 Å². The Hall–Kier alpha value is -6.65. The minimum Gasteiger partial charge on any atom is -0.455 e. The molecule has 0 amide bonds. The second kappa shape index (κ2) is 13.5. The van der Waals surface area contributed by atoms with Crippen LogP contribution >= 0.6 is 0 Å². The van der Waals surface area contributed by atoms with Crippen molar-refractivity contribution in [3.05, 3.63) is 187 Å². The molecule has 4 heteroatoms. The molecule has 8 aromatic rings. The van der Waals surface area contributed by atoms with Crippen LogP contribution in [0.4, 0.5) is 0 Å². The van der Waals surface area contributed by atoms with Crippen LogP contribution in [0.5, 0.6) is 0 Å². The lowest BCUT2D eigenvalue weighted by atomic mass is 9.96. The fraction of sp³-hybridized carbons (Fsp3) is 0.0217. The van der Waals surface area contributed by atoms with Crippen LogP contribution < -0.4 is 0 Å². The topological polar surface area (TPSA) is 51.8 Å². The molecule has 0 N–H and O–H groups in total. The SMILES string of the molecule is [2H]c1c([2H])c([2H])c(-c2nc(C(=C)c3c(/C=C\C)oc4c(-c5ccc(-c6ccccc6)cc5)cccc34)nc(-c3ccc(-c4ccccc4)cc3)n2)c([2H])c1[2H]. The van der Waals surface area contributed by atoms with E-state index in [2.05, 4.69) is 43.0 Å². The zero-order chi connectivity index (χ0) is 38.2. The van der Waals surface area contributed by atoms with Gasteiger partial charge >= 0.3 is 0 Å². The van der Waals surface area contributed by atoms with Crippen molar-refractivity contribution in [2.24, 2.45) is 0 Å². The van der Waals surface area contributed by atoms with E-state index in [-0.39, 0.29) is 23.0 Å². The van der Waals surface area contributed by atoms with Crippen LogP contribution in [0.15, 0.2) is 175 Å². The van der Waals surface area contributed by atoms with Gasteiger partial charge in [-0.1, -0.05) is 170 Å². The van der Waals surface area contributed by atoms with E-state index in [0.717, 1.165) is 38.8 Å². The van der Waals surface area contributed by atoms with Crippen molar-refractivity contribution in [1.29, 1.82) is 0 Å². The molecule has 0 aliphatic carbocycles. The monoisotopic (exact) mass is 648 g/mol. The van der Waals surface area contributed by atoms with Crippen LogP contribution in [0.1, 0.15) is 30.9 Å². The maximum atomic E-state index is 8.73. The Morgan fingerprint density at radius 1 is 0.580 bits per heavy atom. The van der Waals surface area contributed by atoms with Crippen molar-refractivity contribution < 1.29 is 11.3 Å². The predicted molar refractivity (Wildman–Crippen MR) is 206 cm³/mol. The Kier molecular flexibility index (Phi) is 6.83. The Bertz CT molecular complexity index is 2730. The quantitative estimate of drug-likeness (QED) is 0.164. The smallest absolute Gasteiger partial charge is 0.164 e. The van der Waals surface area contributed by atoms with E-state index in [0.29, 0.717) is 28.0 Å². The van der Waals surface area contributed by atoms with Gasteiger partial charge in [-0.3, -0.25) is 0 Å². The minimum atomic E-state index is -0.500. The Balaban J connectivity index is 1.29. The molecule has 6 aromatic carbocycles. The summed E-state index contributed by atoms with van der Waals surface area (Å²) in [7, 11) is 0. The van der Waals surface area contributed by atoms with Gasteiger partial charge in [0, 0.05) is 33.2 Å². The summed E-state index contributed by atoms with van der Waals surface area (Å²) in [6.45, 7) is 6.38. The molecule has 8 rings (SSSR count). The van der Waals surface area contributed by atoms with E-state index >= 15 is 0 Å². The van der Waals surface area contributed by atoms with Gasteiger partial charge in [0.25, 0.3) is 0 Å². The summed E-state index contributed by atoms with van der Waals surface area (Å²) in [5.74, 6) is 0.913. The van der Waals surface area contributed by atoms with Crippen molar-refractivity contribution in [2.75, 3.05) is 0 Å². The number of rotatable bonds is 8. The average molecular weight is 649 g/mol. The first-order valence-electron chi connectivity index (χ1n) is 18.8. The molecule has 0 spiro atoms. The molecule has 0 aliphatic heterocycles. The maximum Gasteiger partial charge on any atom is 0.164 e.